The van der Waals surface area contributed by atoms with Crippen LogP contribution in [0.25, 0.3) is 22.3 Å². The second-order valence-corrected chi connectivity index (χ2v) is 17.5. The molecule has 6 aromatic carbocycles. The number of amides is 3. The largest absolute Gasteiger partial charge is 0.481 e. The van der Waals surface area contributed by atoms with Gasteiger partial charge in [-0.05, 0) is 95.8 Å². The van der Waals surface area contributed by atoms with Crippen LogP contribution in [0.2, 0.25) is 0 Å². The van der Waals surface area contributed by atoms with Gasteiger partial charge in [0.25, 0.3) is 0 Å². The maximum Gasteiger partial charge on any atom is 0.411 e. The third-order valence-corrected chi connectivity index (χ3v) is 13.3. The molecular formula is C55H51F6N3O7. The van der Waals surface area contributed by atoms with Crippen LogP contribution in [0.3, 0.4) is 0 Å². The van der Waals surface area contributed by atoms with E-state index in [0.29, 0.717) is 48.2 Å². The molecule has 0 saturated carbocycles. The van der Waals surface area contributed by atoms with Crippen LogP contribution in [0.5, 0.6) is 0 Å². The van der Waals surface area contributed by atoms with Gasteiger partial charge in [0, 0.05) is 81.9 Å². The van der Waals surface area contributed by atoms with E-state index >= 15 is 0 Å². The zero-order valence-electron chi connectivity index (χ0n) is 39.1. The van der Waals surface area contributed by atoms with Crippen LogP contribution in [0.1, 0.15) is 86.7 Å². The fourth-order valence-electron chi connectivity index (χ4n) is 9.04. The fraction of sp³-hybridized carbons (Fsp3) is 0.273. The molecule has 2 heterocycles. The Labute approximate surface area is 406 Å². The molecule has 4 atom stereocenters. The SMILES string of the molecule is CNC(=O)CC[C@]1(c2ccc(F)cc2)CCN([C@@H](C)c2ccc(-c3ccc(F)cc3F)cc2)C(=O)O1.C[C@@H](c1ccc(-c2ccc(F)cc2F)cc1)N1CC[C@](CCC(=O)O)(c2ccc(F)cc2)OC1=O. The van der Waals surface area contributed by atoms with E-state index < -0.39 is 64.3 Å². The van der Waals surface area contributed by atoms with Crippen LogP contribution in [0.4, 0.5) is 35.9 Å². The number of nitrogens with zero attached hydrogens (tertiary/aromatic N) is 2. The highest BCUT2D eigenvalue weighted by molar-refractivity contribution is 5.76. The summed E-state index contributed by atoms with van der Waals surface area (Å²) in [6.07, 6.45) is -0.106. The topological polar surface area (TPSA) is 125 Å². The molecular weight excluding hydrogens is 929 g/mol. The Balaban J connectivity index is 0.000000209. The quantitative estimate of drug-likeness (QED) is 0.104. The summed E-state index contributed by atoms with van der Waals surface area (Å²) in [5, 5.41) is 11.8. The van der Waals surface area contributed by atoms with Crippen LogP contribution in [0, 0.1) is 34.9 Å². The number of aliphatic carboxylic acids is 1. The summed E-state index contributed by atoms with van der Waals surface area (Å²) in [6, 6.07) is 31.4. The first kappa shape index (κ1) is 51.2. The van der Waals surface area contributed by atoms with E-state index in [1.54, 1.807) is 72.6 Å². The Morgan fingerprint density at radius 2 is 0.930 bits per heavy atom. The van der Waals surface area contributed by atoms with Gasteiger partial charge in [-0.25, -0.2) is 35.9 Å². The van der Waals surface area contributed by atoms with Crippen molar-refractivity contribution in [1.82, 2.24) is 15.1 Å². The van der Waals surface area contributed by atoms with Crippen LogP contribution >= 0.6 is 0 Å². The van der Waals surface area contributed by atoms with Crippen molar-refractivity contribution in [2.75, 3.05) is 20.1 Å². The Morgan fingerprint density at radius 3 is 1.27 bits per heavy atom. The van der Waals surface area contributed by atoms with E-state index in [2.05, 4.69) is 5.32 Å². The molecule has 2 aliphatic rings. The molecule has 2 N–H and O–H groups in total. The molecule has 2 aliphatic heterocycles. The van der Waals surface area contributed by atoms with Gasteiger partial charge in [-0.1, -0.05) is 72.8 Å². The van der Waals surface area contributed by atoms with Crippen molar-refractivity contribution in [1.29, 1.82) is 0 Å². The minimum atomic E-state index is -1.16. The number of hydrogen-bond acceptors (Lipinski definition) is 6. The third kappa shape index (κ3) is 11.9. The van der Waals surface area contributed by atoms with E-state index in [-0.39, 0.29) is 54.8 Å². The standard InChI is InChI=1S/C28H27F3N2O3.C27H24F3NO4/c1-18(19-3-5-20(6-4-19)24-12-11-23(30)17-25(24)31)33-16-15-28(36-27(33)35,14-13-26(34)32-2)21-7-9-22(29)10-8-21;1-17(18-2-4-19(5-3-18)23-11-10-22(29)16-24(23)30)31-15-14-27(35-26(31)34,13-12-25(32)33)20-6-8-21(28)9-7-20/h3-12,17-18H,13-16H2,1-2H3,(H,32,34);2-11,16-17H,12-15H2,1H3,(H,32,33)/t18-,28+;17-,27+/m00/s1. The summed E-state index contributed by atoms with van der Waals surface area (Å²) in [7, 11) is 1.54. The van der Waals surface area contributed by atoms with Crippen LogP contribution in [-0.4, -0.2) is 59.1 Å². The van der Waals surface area contributed by atoms with Crippen molar-refractivity contribution in [2.24, 2.45) is 0 Å². The maximum atomic E-state index is 14.2. The van der Waals surface area contributed by atoms with Crippen molar-refractivity contribution in [3.05, 3.63) is 191 Å². The molecule has 370 valence electrons. The molecule has 2 saturated heterocycles. The van der Waals surface area contributed by atoms with E-state index in [1.165, 1.54) is 65.6 Å². The number of carboxylic acids is 1. The molecule has 0 bridgehead atoms. The summed E-state index contributed by atoms with van der Waals surface area (Å²) < 4.78 is 93.5. The molecule has 3 amide bonds. The van der Waals surface area contributed by atoms with Gasteiger partial charge in [0.15, 0.2) is 0 Å². The normalized spacial score (nSPS) is 18.6. The molecule has 71 heavy (non-hydrogen) atoms. The summed E-state index contributed by atoms with van der Waals surface area (Å²) in [6.45, 7) is 4.35. The lowest BCUT2D eigenvalue weighted by Crippen LogP contribution is -2.49. The zero-order valence-corrected chi connectivity index (χ0v) is 39.1. The van der Waals surface area contributed by atoms with Gasteiger partial charge < -0.3 is 29.7 Å². The highest BCUT2D eigenvalue weighted by atomic mass is 19.2. The number of rotatable bonds is 14. The van der Waals surface area contributed by atoms with Crippen molar-refractivity contribution >= 4 is 24.1 Å². The van der Waals surface area contributed by atoms with Crippen LogP contribution in [-0.2, 0) is 30.3 Å². The Hall–Kier alpha value is -7.62. The molecule has 0 spiro atoms. The average Bonchev–Trinajstić information content (AvgIpc) is 3.35. The first-order chi connectivity index (χ1) is 33.9. The summed E-state index contributed by atoms with van der Waals surface area (Å²) in [5.41, 5.74) is 2.30. The predicted octanol–water partition coefficient (Wildman–Crippen LogP) is 12.5. The molecule has 0 aliphatic carbocycles. The van der Waals surface area contributed by atoms with E-state index in [9.17, 15) is 50.6 Å². The van der Waals surface area contributed by atoms with Gasteiger partial charge in [0.2, 0.25) is 5.91 Å². The summed E-state index contributed by atoms with van der Waals surface area (Å²) >= 11 is 0. The smallest absolute Gasteiger partial charge is 0.411 e. The van der Waals surface area contributed by atoms with E-state index in [1.807, 2.05) is 13.8 Å². The van der Waals surface area contributed by atoms with Crippen LogP contribution < -0.4 is 5.32 Å². The molecule has 2 fully saturated rings. The zero-order chi connectivity index (χ0) is 51.0. The number of nitrogens with one attached hydrogen (secondary N) is 1. The number of benzene rings is 6. The van der Waals surface area contributed by atoms with Gasteiger partial charge in [-0.2, -0.15) is 0 Å². The Kier molecular flexibility index (Phi) is 15.9. The lowest BCUT2D eigenvalue weighted by molar-refractivity contribution is -0.139. The monoisotopic (exact) mass is 979 g/mol. The second-order valence-electron chi connectivity index (χ2n) is 17.5. The first-order valence-electron chi connectivity index (χ1n) is 23.0. The average molecular weight is 980 g/mol. The summed E-state index contributed by atoms with van der Waals surface area (Å²) in [5.74, 6) is -4.65. The van der Waals surface area contributed by atoms with Crippen molar-refractivity contribution in [2.45, 2.75) is 75.7 Å². The molecule has 6 aromatic rings. The van der Waals surface area contributed by atoms with Gasteiger partial charge in [-0.15, -0.1) is 0 Å². The number of carbonyl (C=O) groups excluding carboxylic acids is 3. The van der Waals surface area contributed by atoms with Gasteiger partial charge in [0.05, 0.1) is 12.1 Å². The van der Waals surface area contributed by atoms with Gasteiger partial charge in [0.1, 0.15) is 46.1 Å². The van der Waals surface area contributed by atoms with Crippen LogP contribution in [0.15, 0.2) is 133 Å². The third-order valence-electron chi connectivity index (χ3n) is 13.3. The lowest BCUT2D eigenvalue weighted by Gasteiger charge is -2.43. The van der Waals surface area contributed by atoms with Gasteiger partial charge in [-0.3, -0.25) is 9.59 Å². The molecule has 10 nitrogen and oxygen atoms in total. The fourth-order valence-corrected chi connectivity index (χ4v) is 9.04. The van der Waals surface area contributed by atoms with Gasteiger partial charge >= 0.3 is 18.2 Å². The van der Waals surface area contributed by atoms with Crippen molar-refractivity contribution in [3.63, 3.8) is 0 Å². The summed E-state index contributed by atoms with van der Waals surface area (Å²) in [4.78, 5) is 52.5. The second kappa shape index (κ2) is 22.0. The number of carboxylic acid groups (broad SMARTS) is 1. The predicted molar refractivity (Wildman–Crippen MR) is 252 cm³/mol. The van der Waals surface area contributed by atoms with Crippen molar-refractivity contribution in [3.8, 4) is 22.3 Å². The van der Waals surface area contributed by atoms with Crippen molar-refractivity contribution < 1.29 is 60.1 Å². The molecule has 16 heteroatoms. The highest BCUT2D eigenvalue weighted by Crippen LogP contribution is 2.43. The number of hydrogen-bond donors (Lipinski definition) is 2. The molecule has 8 rings (SSSR count). The minimum absolute atomic E-state index is 0.0693. The van der Waals surface area contributed by atoms with E-state index in [4.69, 9.17) is 9.47 Å². The number of ether oxygens (including phenoxy) is 2. The number of cyclic esters (lactones) is 2. The minimum Gasteiger partial charge on any atom is -0.481 e. The van der Waals surface area contributed by atoms with E-state index in [0.717, 1.165) is 23.3 Å². The molecule has 0 aromatic heterocycles. The molecule has 0 radical (unpaired) electrons. The molecule has 0 unspecified atom stereocenters. The Morgan fingerprint density at radius 1 is 0.563 bits per heavy atom. The highest BCUT2D eigenvalue weighted by Gasteiger charge is 2.45. The maximum absolute atomic E-state index is 14.2. The number of carbonyl (C=O) groups is 4. The first-order valence-corrected chi connectivity index (χ1v) is 23.0. The number of halogens is 6. The Bertz CT molecular complexity index is 2870. The lowest BCUT2D eigenvalue weighted by atomic mass is 9.84.